The van der Waals surface area contributed by atoms with Gasteiger partial charge in [-0.1, -0.05) is 29.8 Å². The molecule has 0 unspecified atom stereocenters. The summed E-state index contributed by atoms with van der Waals surface area (Å²) in [6.07, 6.45) is 0. The molecule has 0 aliphatic carbocycles. The van der Waals surface area contributed by atoms with E-state index in [1.165, 1.54) is 0 Å². The van der Waals surface area contributed by atoms with Gasteiger partial charge in [-0.3, -0.25) is 4.79 Å². The first-order valence-electron chi connectivity index (χ1n) is 6.30. The highest BCUT2D eigenvalue weighted by Crippen LogP contribution is 2.22. The Bertz CT molecular complexity index is 588. The maximum atomic E-state index is 11.8. The van der Waals surface area contributed by atoms with Gasteiger partial charge in [0.15, 0.2) is 6.61 Å². The number of anilines is 1. The van der Waals surface area contributed by atoms with E-state index in [0.717, 1.165) is 16.9 Å². The van der Waals surface area contributed by atoms with Crippen LogP contribution in [0.15, 0.2) is 42.5 Å². The number of carbonyl (C=O) groups excluding carboxylic acids is 1. The van der Waals surface area contributed by atoms with E-state index in [1.54, 1.807) is 24.3 Å². The van der Waals surface area contributed by atoms with Crippen LogP contribution in [0, 0.1) is 13.8 Å². The maximum absolute atomic E-state index is 11.8. The third kappa shape index (κ3) is 3.75. The predicted octanol–water partition coefficient (Wildman–Crippen LogP) is 3.97. The van der Waals surface area contributed by atoms with Gasteiger partial charge >= 0.3 is 0 Å². The first kappa shape index (κ1) is 14.4. The van der Waals surface area contributed by atoms with Crippen LogP contribution in [0.4, 0.5) is 5.69 Å². The quantitative estimate of drug-likeness (QED) is 0.925. The minimum absolute atomic E-state index is 0.0195. The number of amides is 1. The Kier molecular flexibility index (Phi) is 4.64. The number of hydrogen-bond donors (Lipinski definition) is 1. The van der Waals surface area contributed by atoms with E-state index in [4.69, 9.17) is 16.3 Å². The summed E-state index contributed by atoms with van der Waals surface area (Å²) in [5.74, 6) is 0.564. The molecule has 4 heteroatoms. The lowest BCUT2D eigenvalue weighted by molar-refractivity contribution is -0.118. The zero-order chi connectivity index (χ0) is 14.5. The van der Waals surface area contributed by atoms with Crippen molar-refractivity contribution in [1.29, 1.82) is 0 Å². The van der Waals surface area contributed by atoms with Gasteiger partial charge in [-0.25, -0.2) is 0 Å². The fraction of sp³-hybridized carbons (Fsp3) is 0.188. The van der Waals surface area contributed by atoms with Crippen LogP contribution in [0.2, 0.25) is 5.02 Å². The van der Waals surface area contributed by atoms with Gasteiger partial charge in [0.2, 0.25) is 0 Å². The minimum atomic E-state index is -0.199. The molecular formula is C16H16ClNO2. The second-order valence-electron chi connectivity index (χ2n) is 4.56. The van der Waals surface area contributed by atoms with Crippen LogP contribution >= 0.6 is 11.6 Å². The Morgan fingerprint density at radius 3 is 2.30 bits per heavy atom. The molecule has 0 saturated heterocycles. The van der Waals surface area contributed by atoms with Crippen LogP contribution in [0.25, 0.3) is 0 Å². The lowest BCUT2D eigenvalue weighted by Gasteiger charge is -2.12. The fourth-order valence-corrected chi connectivity index (χ4v) is 2.02. The van der Waals surface area contributed by atoms with Crippen molar-refractivity contribution in [3.05, 3.63) is 58.6 Å². The molecule has 0 atom stereocenters. The number of aryl methyl sites for hydroxylation is 2. The molecule has 104 valence electrons. The molecule has 0 spiro atoms. The lowest BCUT2D eigenvalue weighted by atomic mass is 10.1. The first-order chi connectivity index (χ1) is 9.56. The molecule has 0 fully saturated rings. The Balaban J connectivity index is 1.94. The molecule has 2 aromatic rings. The average Bonchev–Trinajstić information content (AvgIpc) is 2.41. The minimum Gasteiger partial charge on any atom is -0.483 e. The van der Waals surface area contributed by atoms with Crippen molar-refractivity contribution >= 4 is 23.2 Å². The van der Waals surface area contributed by atoms with Crippen LogP contribution in [0.3, 0.4) is 0 Å². The number of carbonyl (C=O) groups is 1. The highest BCUT2D eigenvalue weighted by Gasteiger charge is 2.07. The molecule has 0 radical (unpaired) electrons. The summed E-state index contributed by atoms with van der Waals surface area (Å²) in [4.78, 5) is 11.8. The highest BCUT2D eigenvalue weighted by atomic mass is 35.5. The molecule has 0 heterocycles. The summed E-state index contributed by atoms with van der Waals surface area (Å²) in [6.45, 7) is 3.90. The van der Waals surface area contributed by atoms with Crippen molar-refractivity contribution in [1.82, 2.24) is 0 Å². The van der Waals surface area contributed by atoms with Gasteiger partial charge in [-0.2, -0.15) is 0 Å². The van der Waals surface area contributed by atoms with E-state index in [2.05, 4.69) is 5.32 Å². The Hall–Kier alpha value is -2.00. The monoisotopic (exact) mass is 289 g/mol. The molecule has 1 amide bonds. The molecule has 20 heavy (non-hydrogen) atoms. The molecule has 2 aromatic carbocycles. The summed E-state index contributed by atoms with van der Waals surface area (Å²) in [5.41, 5.74) is 2.73. The van der Waals surface area contributed by atoms with E-state index >= 15 is 0 Å². The second-order valence-corrected chi connectivity index (χ2v) is 5.00. The summed E-state index contributed by atoms with van der Waals surface area (Å²) < 4.78 is 5.59. The molecule has 2 rings (SSSR count). The number of nitrogens with one attached hydrogen (secondary N) is 1. The molecule has 0 aliphatic heterocycles. The van der Waals surface area contributed by atoms with Crippen LogP contribution in [-0.2, 0) is 4.79 Å². The van der Waals surface area contributed by atoms with Crippen molar-refractivity contribution in [3.8, 4) is 5.75 Å². The lowest BCUT2D eigenvalue weighted by Crippen LogP contribution is -2.20. The number of ether oxygens (including phenoxy) is 1. The first-order valence-corrected chi connectivity index (χ1v) is 6.68. The van der Waals surface area contributed by atoms with Crippen molar-refractivity contribution in [2.45, 2.75) is 13.8 Å². The van der Waals surface area contributed by atoms with Gasteiger partial charge < -0.3 is 10.1 Å². The van der Waals surface area contributed by atoms with Crippen molar-refractivity contribution in [3.63, 3.8) is 0 Å². The Morgan fingerprint density at radius 1 is 1.10 bits per heavy atom. The molecule has 0 saturated carbocycles. The topological polar surface area (TPSA) is 38.3 Å². The maximum Gasteiger partial charge on any atom is 0.262 e. The number of rotatable bonds is 4. The van der Waals surface area contributed by atoms with Gasteiger partial charge in [0.05, 0.1) is 0 Å². The number of para-hydroxylation sites is 1. The SMILES string of the molecule is Cc1cccc(C)c1OCC(=O)Nc1ccc(Cl)cc1. The number of halogens is 1. The summed E-state index contributed by atoms with van der Waals surface area (Å²) >= 11 is 5.79. The third-order valence-electron chi connectivity index (χ3n) is 2.88. The Morgan fingerprint density at radius 2 is 1.70 bits per heavy atom. The predicted molar refractivity (Wildman–Crippen MR) is 81.5 cm³/mol. The largest absolute Gasteiger partial charge is 0.483 e. The average molecular weight is 290 g/mol. The van der Waals surface area contributed by atoms with Crippen LogP contribution in [0.5, 0.6) is 5.75 Å². The van der Waals surface area contributed by atoms with E-state index in [1.807, 2.05) is 32.0 Å². The van der Waals surface area contributed by atoms with Crippen LogP contribution in [-0.4, -0.2) is 12.5 Å². The number of hydrogen-bond acceptors (Lipinski definition) is 2. The van der Waals surface area contributed by atoms with Gasteiger partial charge in [0.25, 0.3) is 5.91 Å². The second kappa shape index (κ2) is 6.44. The summed E-state index contributed by atoms with van der Waals surface area (Å²) in [6, 6.07) is 12.8. The number of benzene rings is 2. The molecule has 0 bridgehead atoms. The zero-order valence-corrected chi connectivity index (χ0v) is 12.2. The summed E-state index contributed by atoms with van der Waals surface area (Å²) in [5, 5.41) is 3.39. The van der Waals surface area contributed by atoms with E-state index in [-0.39, 0.29) is 12.5 Å². The van der Waals surface area contributed by atoms with Crippen molar-refractivity contribution < 1.29 is 9.53 Å². The van der Waals surface area contributed by atoms with Gasteiger partial charge in [-0.15, -0.1) is 0 Å². The van der Waals surface area contributed by atoms with Crippen molar-refractivity contribution in [2.24, 2.45) is 0 Å². The van der Waals surface area contributed by atoms with E-state index < -0.39 is 0 Å². The molecule has 0 aromatic heterocycles. The van der Waals surface area contributed by atoms with Gasteiger partial charge in [0.1, 0.15) is 5.75 Å². The third-order valence-corrected chi connectivity index (χ3v) is 3.14. The molecular weight excluding hydrogens is 274 g/mol. The van der Waals surface area contributed by atoms with Crippen LogP contribution in [0.1, 0.15) is 11.1 Å². The van der Waals surface area contributed by atoms with E-state index in [9.17, 15) is 4.79 Å². The van der Waals surface area contributed by atoms with E-state index in [0.29, 0.717) is 10.7 Å². The standard InChI is InChI=1S/C16H16ClNO2/c1-11-4-3-5-12(2)16(11)20-10-15(19)18-14-8-6-13(17)7-9-14/h3-9H,10H2,1-2H3,(H,18,19). The molecule has 3 nitrogen and oxygen atoms in total. The normalized spacial score (nSPS) is 10.2. The summed E-state index contributed by atoms with van der Waals surface area (Å²) in [7, 11) is 0. The van der Waals surface area contributed by atoms with Crippen molar-refractivity contribution in [2.75, 3.05) is 11.9 Å². The van der Waals surface area contributed by atoms with Gasteiger partial charge in [-0.05, 0) is 49.2 Å². The van der Waals surface area contributed by atoms with Crippen LogP contribution < -0.4 is 10.1 Å². The molecule has 0 aliphatic rings. The molecule has 1 N–H and O–H groups in total. The highest BCUT2D eigenvalue weighted by molar-refractivity contribution is 6.30. The Labute approximate surface area is 123 Å². The zero-order valence-electron chi connectivity index (χ0n) is 11.4. The fourth-order valence-electron chi connectivity index (χ4n) is 1.89. The van der Waals surface area contributed by atoms with Gasteiger partial charge in [0, 0.05) is 10.7 Å². The smallest absolute Gasteiger partial charge is 0.262 e.